The van der Waals surface area contributed by atoms with Crippen LogP contribution in [0, 0.1) is 0 Å². The van der Waals surface area contributed by atoms with Crippen LogP contribution in [0.5, 0.6) is 17.2 Å². The quantitative estimate of drug-likeness (QED) is 0.651. The van der Waals surface area contributed by atoms with Gasteiger partial charge in [0.15, 0.2) is 11.5 Å². The van der Waals surface area contributed by atoms with Crippen LogP contribution in [-0.4, -0.2) is 24.0 Å². The second kappa shape index (κ2) is 7.33. The van der Waals surface area contributed by atoms with Crippen molar-refractivity contribution in [3.63, 3.8) is 0 Å². The molecule has 0 saturated carbocycles. The highest BCUT2D eigenvalue weighted by Gasteiger charge is 2.32. The van der Waals surface area contributed by atoms with Crippen LogP contribution in [0.4, 0.5) is 5.69 Å². The summed E-state index contributed by atoms with van der Waals surface area (Å²) in [7, 11) is 0. The molecule has 6 heteroatoms. The maximum Gasteiger partial charge on any atom is 0.161 e. The van der Waals surface area contributed by atoms with Crippen LogP contribution in [0.15, 0.2) is 71.8 Å². The number of rotatable bonds is 3. The summed E-state index contributed by atoms with van der Waals surface area (Å²) < 4.78 is 11.4. The van der Waals surface area contributed by atoms with E-state index >= 15 is 0 Å². The first-order chi connectivity index (χ1) is 14.2. The molecule has 0 saturated heterocycles. The summed E-state index contributed by atoms with van der Waals surface area (Å²) in [5.41, 5.74) is 3.48. The fourth-order valence-corrected chi connectivity index (χ4v) is 3.93. The number of halogens is 1. The minimum atomic E-state index is -0.0402. The molecule has 5 nitrogen and oxygen atoms in total. The number of hydrogen-bond donors (Lipinski definition) is 1. The van der Waals surface area contributed by atoms with E-state index in [9.17, 15) is 5.11 Å². The third-order valence-corrected chi connectivity index (χ3v) is 5.39. The molecule has 0 aliphatic carbocycles. The zero-order valence-electron chi connectivity index (χ0n) is 15.6. The third kappa shape index (κ3) is 3.38. The predicted molar refractivity (Wildman–Crippen MR) is 113 cm³/mol. The summed E-state index contributed by atoms with van der Waals surface area (Å²) in [5.74, 6) is 1.68. The molecular formula is C23H19ClN2O3. The van der Waals surface area contributed by atoms with Gasteiger partial charge in [-0.2, -0.15) is 5.10 Å². The van der Waals surface area contributed by atoms with E-state index in [4.69, 9.17) is 26.2 Å². The normalized spacial score (nSPS) is 17.9. The number of benzene rings is 3. The first-order valence-electron chi connectivity index (χ1n) is 9.49. The van der Waals surface area contributed by atoms with Gasteiger partial charge in [-0.1, -0.05) is 35.9 Å². The van der Waals surface area contributed by atoms with Gasteiger partial charge in [-0.3, -0.25) is 5.01 Å². The molecule has 29 heavy (non-hydrogen) atoms. The number of phenolic OH excluding ortho intramolecular Hbond substituents is 1. The Morgan fingerprint density at radius 3 is 2.55 bits per heavy atom. The van der Waals surface area contributed by atoms with Crippen LogP contribution in [0.25, 0.3) is 0 Å². The van der Waals surface area contributed by atoms with Gasteiger partial charge in [-0.15, -0.1) is 0 Å². The van der Waals surface area contributed by atoms with Crippen LogP contribution in [-0.2, 0) is 0 Å². The number of hydrazone groups is 1. The zero-order valence-corrected chi connectivity index (χ0v) is 16.3. The molecule has 5 rings (SSSR count). The molecule has 146 valence electrons. The largest absolute Gasteiger partial charge is 0.507 e. The monoisotopic (exact) mass is 406 g/mol. The summed E-state index contributed by atoms with van der Waals surface area (Å²) in [6.07, 6.45) is 0.627. The Balaban J connectivity index is 1.57. The van der Waals surface area contributed by atoms with Gasteiger partial charge in [0.25, 0.3) is 0 Å². The van der Waals surface area contributed by atoms with Crippen molar-refractivity contribution in [2.24, 2.45) is 5.10 Å². The van der Waals surface area contributed by atoms with E-state index in [1.54, 1.807) is 18.2 Å². The van der Waals surface area contributed by atoms with Crippen LogP contribution in [0.1, 0.15) is 23.6 Å². The van der Waals surface area contributed by atoms with Gasteiger partial charge in [-0.05, 0) is 48.0 Å². The van der Waals surface area contributed by atoms with E-state index in [0.717, 1.165) is 28.5 Å². The number of para-hydroxylation sites is 1. The summed E-state index contributed by atoms with van der Waals surface area (Å²) in [4.78, 5) is 0. The maximum atomic E-state index is 10.4. The molecule has 2 aliphatic rings. The summed E-state index contributed by atoms with van der Waals surface area (Å²) in [5, 5.41) is 17.8. The Kier molecular flexibility index (Phi) is 4.52. The predicted octanol–water partition coefficient (Wildman–Crippen LogP) is 5.17. The van der Waals surface area contributed by atoms with Crippen molar-refractivity contribution in [2.45, 2.75) is 12.5 Å². The lowest BCUT2D eigenvalue weighted by molar-refractivity contribution is 0.171. The van der Waals surface area contributed by atoms with Gasteiger partial charge < -0.3 is 14.6 Å². The van der Waals surface area contributed by atoms with Crippen molar-refractivity contribution in [3.05, 3.63) is 82.9 Å². The Hall–Kier alpha value is -3.18. The summed E-state index contributed by atoms with van der Waals surface area (Å²) in [6.45, 7) is 1.11. The summed E-state index contributed by atoms with van der Waals surface area (Å²) in [6, 6.07) is 21.0. The topological polar surface area (TPSA) is 54.3 Å². The molecule has 0 radical (unpaired) electrons. The molecule has 0 fully saturated rings. The fourth-order valence-electron chi connectivity index (χ4n) is 3.76. The van der Waals surface area contributed by atoms with Gasteiger partial charge in [0.2, 0.25) is 0 Å². The molecule has 0 bridgehead atoms. The fraction of sp³-hybridized carbons (Fsp3) is 0.174. The molecule has 0 amide bonds. The second-order valence-electron chi connectivity index (χ2n) is 7.01. The van der Waals surface area contributed by atoms with Crippen LogP contribution in [0.3, 0.4) is 0 Å². The number of nitrogens with zero attached hydrogens (tertiary/aromatic N) is 2. The van der Waals surface area contributed by atoms with Crippen LogP contribution >= 0.6 is 11.6 Å². The second-order valence-corrected chi connectivity index (χ2v) is 7.45. The lowest BCUT2D eigenvalue weighted by atomic mass is 9.97. The molecule has 2 aliphatic heterocycles. The maximum absolute atomic E-state index is 10.4. The number of hydrogen-bond acceptors (Lipinski definition) is 5. The first-order valence-corrected chi connectivity index (χ1v) is 9.87. The van der Waals surface area contributed by atoms with Gasteiger partial charge in [-0.25, -0.2) is 0 Å². The highest BCUT2D eigenvalue weighted by molar-refractivity contribution is 6.31. The highest BCUT2D eigenvalue weighted by atomic mass is 35.5. The number of fused-ring (bicyclic) bond motifs is 1. The summed E-state index contributed by atoms with van der Waals surface area (Å²) >= 11 is 6.17. The van der Waals surface area contributed by atoms with E-state index in [1.807, 2.05) is 53.5 Å². The van der Waals surface area contributed by atoms with Crippen molar-refractivity contribution in [3.8, 4) is 17.2 Å². The SMILES string of the molecule is Oc1ccc(Cl)cc1C1=NN(c2ccccc2)[C@@H](c2ccc3c(c2)OCCO3)C1. The Morgan fingerprint density at radius 2 is 1.72 bits per heavy atom. The van der Waals surface area contributed by atoms with E-state index in [-0.39, 0.29) is 11.8 Å². The molecule has 2 heterocycles. The lowest BCUT2D eigenvalue weighted by Crippen LogP contribution is -2.20. The van der Waals surface area contributed by atoms with E-state index in [2.05, 4.69) is 0 Å². The van der Waals surface area contributed by atoms with Crippen molar-refractivity contribution in [1.82, 2.24) is 0 Å². The Bertz CT molecular complexity index is 1080. The smallest absolute Gasteiger partial charge is 0.161 e. The van der Waals surface area contributed by atoms with Crippen LogP contribution in [0.2, 0.25) is 5.02 Å². The van der Waals surface area contributed by atoms with Crippen molar-refractivity contribution in [1.29, 1.82) is 0 Å². The lowest BCUT2D eigenvalue weighted by Gasteiger charge is -2.25. The standard InChI is InChI=1S/C23H19ClN2O3/c24-16-7-8-21(27)18(13-16)19-14-20(26(25-19)17-4-2-1-3-5-17)15-6-9-22-23(12-15)29-11-10-28-22/h1-9,12-13,20,27H,10-11,14H2/t20-/m1/s1. The van der Waals surface area contributed by atoms with Crippen LogP contribution < -0.4 is 14.5 Å². The van der Waals surface area contributed by atoms with E-state index < -0.39 is 0 Å². The van der Waals surface area contributed by atoms with Gasteiger partial charge in [0, 0.05) is 17.0 Å². The van der Waals surface area contributed by atoms with E-state index in [1.165, 1.54) is 0 Å². The van der Waals surface area contributed by atoms with Crippen molar-refractivity contribution < 1.29 is 14.6 Å². The Labute approximate surface area is 173 Å². The number of phenols is 1. The third-order valence-electron chi connectivity index (χ3n) is 5.15. The average molecular weight is 407 g/mol. The van der Waals surface area contributed by atoms with Gasteiger partial charge in [0.05, 0.1) is 17.4 Å². The molecule has 0 unspecified atom stereocenters. The number of aromatic hydroxyl groups is 1. The number of ether oxygens (including phenoxy) is 2. The average Bonchev–Trinajstić information content (AvgIpc) is 3.21. The molecular weight excluding hydrogens is 388 g/mol. The zero-order chi connectivity index (χ0) is 19.8. The molecule has 3 aromatic carbocycles. The minimum Gasteiger partial charge on any atom is -0.507 e. The van der Waals surface area contributed by atoms with Gasteiger partial charge >= 0.3 is 0 Å². The van der Waals surface area contributed by atoms with E-state index in [0.29, 0.717) is 30.2 Å². The highest BCUT2D eigenvalue weighted by Crippen LogP contribution is 2.41. The van der Waals surface area contributed by atoms with Crippen molar-refractivity contribution >= 4 is 23.0 Å². The van der Waals surface area contributed by atoms with Gasteiger partial charge in [0.1, 0.15) is 19.0 Å². The molecule has 0 aromatic heterocycles. The Morgan fingerprint density at radius 1 is 0.931 bits per heavy atom. The molecule has 1 N–H and O–H groups in total. The molecule has 3 aromatic rings. The number of anilines is 1. The minimum absolute atomic E-state index is 0.0402. The molecule has 0 spiro atoms. The molecule has 1 atom stereocenters. The van der Waals surface area contributed by atoms with Crippen molar-refractivity contribution in [2.75, 3.05) is 18.2 Å². The first kappa shape index (κ1) is 17.9.